The van der Waals surface area contributed by atoms with Crippen molar-refractivity contribution in [3.05, 3.63) is 92.4 Å². The van der Waals surface area contributed by atoms with Crippen LogP contribution in [0, 0.1) is 0 Å². The second-order valence-electron chi connectivity index (χ2n) is 6.50. The van der Waals surface area contributed by atoms with E-state index >= 15 is 0 Å². The number of nitrogens with zero attached hydrogens (tertiary/aromatic N) is 1. The molecular weight excluding hydrogens is 519 g/mol. The lowest BCUT2D eigenvalue weighted by Crippen LogP contribution is -2.33. The van der Waals surface area contributed by atoms with Crippen molar-refractivity contribution >= 4 is 57.2 Å². The van der Waals surface area contributed by atoms with Gasteiger partial charge >= 0.3 is 5.97 Å². The van der Waals surface area contributed by atoms with Crippen LogP contribution in [0.15, 0.2) is 76.3 Å². The third-order valence-electron chi connectivity index (χ3n) is 4.12. The van der Waals surface area contributed by atoms with Crippen LogP contribution in [-0.2, 0) is 4.79 Å². The highest BCUT2D eigenvalue weighted by Crippen LogP contribution is 2.24. The van der Waals surface area contributed by atoms with Gasteiger partial charge in [0.2, 0.25) is 0 Å². The summed E-state index contributed by atoms with van der Waals surface area (Å²) >= 11 is 15.3. The number of amides is 1. The Labute approximate surface area is 203 Å². The van der Waals surface area contributed by atoms with Gasteiger partial charge < -0.3 is 9.47 Å². The molecule has 1 amide bonds. The molecule has 0 spiro atoms. The molecule has 0 saturated carbocycles. The minimum atomic E-state index is -0.814. The second kappa shape index (κ2) is 11.1. The van der Waals surface area contributed by atoms with Crippen molar-refractivity contribution in [1.29, 1.82) is 0 Å². The van der Waals surface area contributed by atoms with Gasteiger partial charge in [-0.2, -0.15) is 5.10 Å². The second-order valence-corrected chi connectivity index (χ2v) is 8.26. The molecule has 0 aliphatic heterocycles. The Kier molecular flexibility index (Phi) is 8.27. The van der Waals surface area contributed by atoms with E-state index in [1.54, 1.807) is 73.7 Å². The summed E-state index contributed by atoms with van der Waals surface area (Å²) < 4.78 is 11.8. The van der Waals surface area contributed by atoms with E-state index in [4.69, 9.17) is 32.7 Å². The number of hydrogen-bond donors (Lipinski definition) is 1. The van der Waals surface area contributed by atoms with Crippen LogP contribution in [0.25, 0.3) is 0 Å². The fourth-order valence-corrected chi connectivity index (χ4v) is 3.32. The maximum atomic E-state index is 12.5. The Morgan fingerprint density at radius 2 is 1.84 bits per heavy atom. The van der Waals surface area contributed by atoms with Gasteiger partial charge in [0.15, 0.2) is 6.10 Å². The fourth-order valence-electron chi connectivity index (χ4n) is 2.55. The predicted molar refractivity (Wildman–Crippen MR) is 128 cm³/mol. The molecule has 0 fully saturated rings. The van der Waals surface area contributed by atoms with Crippen LogP contribution in [0.5, 0.6) is 11.5 Å². The van der Waals surface area contributed by atoms with Crippen molar-refractivity contribution in [1.82, 2.24) is 5.43 Å². The number of ether oxygens (including phenoxy) is 2. The number of carbonyl (C=O) groups is 2. The van der Waals surface area contributed by atoms with Crippen LogP contribution in [0.1, 0.15) is 22.8 Å². The lowest BCUT2D eigenvalue weighted by molar-refractivity contribution is -0.127. The highest BCUT2D eigenvalue weighted by Gasteiger charge is 2.16. The summed E-state index contributed by atoms with van der Waals surface area (Å²) in [6.07, 6.45) is 0.551. The average Bonchev–Trinajstić information content (AvgIpc) is 2.75. The molecule has 1 atom stereocenters. The van der Waals surface area contributed by atoms with Crippen molar-refractivity contribution in [2.45, 2.75) is 13.0 Å². The number of hydrazone groups is 1. The fraction of sp³-hybridized carbons (Fsp3) is 0.0870. The number of esters is 1. The van der Waals surface area contributed by atoms with E-state index in [9.17, 15) is 9.59 Å². The zero-order valence-corrected chi connectivity index (χ0v) is 19.8. The molecule has 3 rings (SSSR count). The molecule has 0 aliphatic rings. The highest BCUT2D eigenvalue weighted by molar-refractivity contribution is 9.10. The van der Waals surface area contributed by atoms with E-state index in [1.807, 2.05) is 0 Å². The van der Waals surface area contributed by atoms with E-state index < -0.39 is 18.0 Å². The van der Waals surface area contributed by atoms with Crippen molar-refractivity contribution in [3.63, 3.8) is 0 Å². The van der Waals surface area contributed by atoms with Crippen molar-refractivity contribution in [2.24, 2.45) is 5.10 Å². The maximum absolute atomic E-state index is 12.5. The van der Waals surface area contributed by atoms with Crippen molar-refractivity contribution in [2.75, 3.05) is 0 Å². The largest absolute Gasteiger partial charge is 0.481 e. The average molecular weight is 536 g/mol. The molecule has 0 bridgehead atoms. The molecule has 0 radical (unpaired) electrons. The molecule has 0 aromatic heterocycles. The molecule has 0 heterocycles. The van der Waals surface area contributed by atoms with Crippen LogP contribution in [-0.4, -0.2) is 24.2 Å². The van der Waals surface area contributed by atoms with E-state index in [0.29, 0.717) is 16.3 Å². The molecule has 0 unspecified atom stereocenters. The molecule has 1 N–H and O–H groups in total. The topological polar surface area (TPSA) is 77.0 Å². The van der Waals surface area contributed by atoms with Crippen molar-refractivity contribution < 1.29 is 19.1 Å². The van der Waals surface area contributed by atoms with Crippen LogP contribution >= 0.6 is 39.1 Å². The number of halogens is 3. The van der Waals surface area contributed by atoms with Gasteiger partial charge in [-0.1, -0.05) is 57.3 Å². The third-order valence-corrected chi connectivity index (χ3v) is 5.18. The summed E-state index contributed by atoms with van der Waals surface area (Å²) in [7, 11) is 0. The Hall–Kier alpha value is -2.87. The Bertz CT molecular complexity index is 1170. The summed E-state index contributed by atoms with van der Waals surface area (Å²) in [6.45, 7) is 1.58. The van der Waals surface area contributed by atoms with E-state index in [2.05, 4.69) is 26.5 Å². The van der Waals surface area contributed by atoms with Crippen LogP contribution in [0.3, 0.4) is 0 Å². The van der Waals surface area contributed by atoms with E-state index in [0.717, 1.165) is 4.47 Å². The summed E-state index contributed by atoms with van der Waals surface area (Å²) in [5, 5.41) is 4.74. The zero-order chi connectivity index (χ0) is 23.1. The van der Waals surface area contributed by atoms with Gasteiger partial charge in [0.1, 0.15) is 11.5 Å². The minimum Gasteiger partial charge on any atom is -0.481 e. The molecule has 6 nitrogen and oxygen atoms in total. The normalized spacial score (nSPS) is 11.8. The minimum absolute atomic E-state index is 0.236. The molecule has 9 heteroatoms. The van der Waals surface area contributed by atoms with Gasteiger partial charge in [-0.25, -0.2) is 10.2 Å². The first kappa shape index (κ1) is 23.8. The molecule has 3 aromatic carbocycles. The van der Waals surface area contributed by atoms with Gasteiger partial charge in [-0.3, -0.25) is 4.79 Å². The summed E-state index contributed by atoms with van der Waals surface area (Å²) in [5.74, 6) is -0.366. The quantitative estimate of drug-likeness (QED) is 0.177. The maximum Gasteiger partial charge on any atom is 0.345 e. The molecular formula is C23H17BrCl2N2O4. The lowest BCUT2D eigenvalue weighted by atomic mass is 10.2. The molecule has 164 valence electrons. The number of nitrogens with one attached hydrogen (secondary N) is 1. The Balaban J connectivity index is 1.67. The van der Waals surface area contributed by atoms with E-state index in [1.165, 1.54) is 6.21 Å². The molecule has 3 aromatic rings. The number of carbonyl (C=O) groups excluding carboxylic acids is 2. The van der Waals surface area contributed by atoms with Gasteiger partial charge in [0.05, 0.1) is 16.8 Å². The highest BCUT2D eigenvalue weighted by atomic mass is 79.9. The number of benzene rings is 3. The lowest BCUT2D eigenvalue weighted by Gasteiger charge is -2.13. The van der Waals surface area contributed by atoms with Crippen LogP contribution in [0.4, 0.5) is 0 Å². The predicted octanol–water partition coefficient (Wildman–Crippen LogP) is 5.89. The van der Waals surface area contributed by atoms with Crippen LogP contribution < -0.4 is 14.9 Å². The Morgan fingerprint density at radius 3 is 2.59 bits per heavy atom. The van der Waals surface area contributed by atoms with Gasteiger partial charge in [0.25, 0.3) is 5.91 Å². The first-order valence-electron chi connectivity index (χ1n) is 9.35. The first-order valence-corrected chi connectivity index (χ1v) is 10.9. The number of hydrogen-bond acceptors (Lipinski definition) is 5. The van der Waals surface area contributed by atoms with Gasteiger partial charge in [-0.05, 0) is 55.5 Å². The molecule has 0 aliphatic carbocycles. The SMILES string of the molecule is C[C@@H](Oc1cccc(Cl)c1)C(=O)N/N=C\c1cc(Br)ccc1OC(=O)c1ccccc1Cl. The summed E-state index contributed by atoms with van der Waals surface area (Å²) in [4.78, 5) is 24.8. The molecule has 32 heavy (non-hydrogen) atoms. The van der Waals surface area contributed by atoms with E-state index in [-0.39, 0.29) is 16.3 Å². The summed E-state index contributed by atoms with van der Waals surface area (Å²) in [6, 6.07) is 18.3. The smallest absolute Gasteiger partial charge is 0.345 e. The van der Waals surface area contributed by atoms with Gasteiger partial charge in [0, 0.05) is 15.1 Å². The van der Waals surface area contributed by atoms with Gasteiger partial charge in [-0.15, -0.1) is 0 Å². The standard InChI is InChI=1S/C23H17BrCl2N2O4/c1-14(31-18-6-4-5-17(25)12-18)22(29)28-27-13-15-11-16(24)9-10-21(15)32-23(30)19-7-2-3-8-20(19)26/h2-14H,1H3,(H,28,29)/b27-13-/t14-/m1/s1. The van der Waals surface area contributed by atoms with Crippen molar-refractivity contribution in [3.8, 4) is 11.5 Å². The zero-order valence-electron chi connectivity index (χ0n) is 16.7. The van der Waals surface area contributed by atoms with Crippen LogP contribution in [0.2, 0.25) is 10.0 Å². The number of rotatable bonds is 7. The molecule has 0 saturated heterocycles. The third kappa shape index (κ3) is 6.56. The first-order chi connectivity index (χ1) is 15.3. The monoisotopic (exact) mass is 534 g/mol. The summed E-state index contributed by atoms with van der Waals surface area (Å²) in [5.41, 5.74) is 3.10. The Morgan fingerprint density at radius 1 is 1.06 bits per heavy atom.